The number of hydrogen-bond acceptors (Lipinski definition) is 4. The number of anilines is 1. The SMILES string of the molecule is Cc1ccc(C(N)=O)c(OCC(=O)N(CCC#N)c2ccc(F)cc2)c1. The van der Waals surface area contributed by atoms with E-state index in [1.165, 1.54) is 35.2 Å². The van der Waals surface area contributed by atoms with Gasteiger partial charge < -0.3 is 15.4 Å². The van der Waals surface area contributed by atoms with Crippen LogP contribution in [0.5, 0.6) is 5.75 Å². The molecule has 0 bridgehead atoms. The number of amides is 2. The number of rotatable bonds is 7. The van der Waals surface area contributed by atoms with Gasteiger partial charge in [0.2, 0.25) is 0 Å². The molecule has 6 nitrogen and oxygen atoms in total. The van der Waals surface area contributed by atoms with Crippen molar-refractivity contribution in [2.75, 3.05) is 18.1 Å². The van der Waals surface area contributed by atoms with Crippen LogP contribution in [0.4, 0.5) is 10.1 Å². The van der Waals surface area contributed by atoms with Crippen molar-refractivity contribution in [1.29, 1.82) is 5.26 Å². The number of nitrogens with zero attached hydrogens (tertiary/aromatic N) is 2. The van der Waals surface area contributed by atoms with E-state index in [0.717, 1.165) is 5.56 Å². The molecule has 2 aromatic carbocycles. The maximum Gasteiger partial charge on any atom is 0.264 e. The Hall–Kier alpha value is -3.40. The predicted molar refractivity (Wildman–Crippen MR) is 94.2 cm³/mol. The molecule has 2 N–H and O–H groups in total. The molecule has 2 rings (SSSR count). The van der Waals surface area contributed by atoms with Crippen molar-refractivity contribution in [1.82, 2.24) is 0 Å². The highest BCUT2D eigenvalue weighted by molar-refractivity contribution is 5.97. The molecule has 0 spiro atoms. The van der Waals surface area contributed by atoms with Crippen LogP contribution in [0.1, 0.15) is 22.3 Å². The summed E-state index contributed by atoms with van der Waals surface area (Å²) in [7, 11) is 0. The van der Waals surface area contributed by atoms with Gasteiger partial charge in [-0.1, -0.05) is 6.07 Å². The highest BCUT2D eigenvalue weighted by Gasteiger charge is 2.18. The van der Waals surface area contributed by atoms with Crippen LogP contribution in [0.25, 0.3) is 0 Å². The van der Waals surface area contributed by atoms with Crippen LogP contribution in [-0.4, -0.2) is 25.0 Å². The van der Waals surface area contributed by atoms with E-state index >= 15 is 0 Å². The van der Waals surface area contributed by atoms with E-state index in [0.29, 0.717) is 5.69 Å². The number of carbonyl (C=O) groups excluding carboxylic acids is 2. The number of halogens is 1. The zero-order valence-electron chi connectivity index (χ0n) is 14.2. The van der Waals surface area contributed by atoms with E-state index in [4.69, 9.17) is 15.7 Å². The molecular formula is C19H18FN3O3. The standard InChI is InChI=1S/C19H18FN3O3/c1-13-3-8-16(19(22)25)17(11-13)26-12-18(24)23(10-2-9-21)15-6-4-14(20)5-7-15/h3-8,11H,2,10,12H2,1H3,(H2,22,25). The molecule has 2 aromatic rings. The number of nitriles is 1. The molecule has 134 valence electrons. The molecule has 0 radical (unpaired) electrons. The Kier molecular flexibility index (Phi) is 6.28. The summed E-state index contributed by atoms with van der Waals surface area (Å²) in [4.78, 5) is 25.4. The van der Waals surface area contributed by atoms with Gasteiger partial charge in [0.1, 0.15) is 11.6 Å². The fourth-order valence-electron chi connectivity index (χ4n) is 2.35. The number of ether oxygens (including phenoxy) is 1. The second kappa shape index (κ2) is 8.62. The third-order valence-corrected chi connectivity index (χ3v) is 3.64. The summed E-state index contributed by atoms with van der Waals surface area (Å²) in [5.74, 6) is -1.30. The Morgan fingerprint density at radius 2 is 1.92 bits per heavy atom. The van der Waals surface area contributed by atoms with Crippen molar-refractivity contribution in [3.05, 3.63) is 59.4 Å². The van der Waals surface area contributed by atoms with E-state index in [1.807, 2.05) is 13.0 Å². The Morgan fingerprint density at radius 3 is 2.54 bits per heavy atom. The second-order valence-electron chi connectivity index (χ2n) is 5.58. The largest absolute Gasteiger partial charge is 0.483 e. The monoisotopic (exact) mass is 355 g/mol. The van der Waals surface area contributed by atoms with Crippen LogP contribution < -0.4 is 15.4 Å². The quantitative estimate of drug-likeness (QED) is 0.825. The molecule has 0 atom stereocenters. The number of aryl methyl sites for hydroxylation is 1. The summed E-state index contributed by atoms with van der Waals surface area (Å²) in [5, 5.41) is 8.79. The molecule has 0 aliphatic heterocycles. The van der Waals surface area contributed by atoms with Crippen molar-refractivity contribution in [2.24, 2.45) is 5.73 Å². The van der Waals surface area contributed by atoms with Gasteiger partial charge in [-0.3, -0.25) is 9.59 Å². The molecule has 0 fully saturated rings. The summed E-state index contributed by atoms with van der Waals surface area (Å²) >= 11 is 0. The average Bonchev–Trinajstić information content (AvgIpc) is 2.61. The first kappa shape index (κ1) is 18.9. The first-order valence-electron chi connectivity index (χ1n) is 7.88. The summed E-state index contributed by atoms with van der Waals surface area (Å²) < 4.78 is 18.6. The van der Waals surface area contributed by atoms with E-state index in [2.05, 4.69) is 0 Å². The third-order valence-electron chi connectivity index (χ3n) is 3.64. The molecule has 7 heteroatoms. The highest BCUT2D eigenvalue weighted by Crippen LogP contribution is 2.21. The molecule has 0 unspecified atom stereocenters. The lowest BCUT2D eigenvalue weighted by Gasteiger charge is -2.22. The number of hydrogen-bond donors (Lipinski definition) is 1. The van der Waals surface area contributed by atoms with Gasteiger partial charge in [0, 0.05) is 12.2 Å². The fourth-order valence-corrected chi connectivity index (χ4v) is 2.35. The van der Waals surface area contributed by atoms with Crippen molar-refractivity contribution >= 4 is 17.5 Å². The molecular weight excluding hydrogens is 337 g/mol. The number of primary amides is 1. The van der Waals surface area contributed by atoms with Gasteiger partial charge in [0.05, 0.1) is 18.1 Å². The number of nitrogens with two attached hydrogens (primary N) is 1. The van der Waals surface area contributed by atoms with Crippen LogP contribution in [0.2, 0.25) is 0 Å². The van der Waals surface area contributed by atoms with Gasteiger partial charge >= 0.3 is 0 Å². The van der Waals surface area contributed by atoms with Gasteiger partial charge in [-0.25, -0.2) is 4.39 Å². The minimum absolute atomic E-state index is 0.111. The number of carbonyl (C=O) groups is 2. The molecule has 0 saturated carbocycles. The number of benzene rings is 2. The van der Waals surface area contributed by atoms with Crippen molar-refractivity contribution < 1.29 is 18.7 Å². The lowest BCUT2D eigenvalue weighted by Crippen LogP contribution is -2.36. The Balaban J connectivity index is 2.17. The molecule has 2 amide bonds. The van der Waals surface area contributed by atoms with E-state index < -0.39 is 17.6 Å². The maximum absolute atomic E-state index is 13.1. The first-order chi connectivity index (χ1) is 12.4. The molecule has 26 heavy (non-hydrogen) atoms. The van der Waals surface area contributed by atoms with E-state index in [1.54, 1.807) is 12.1 Å². The van der Waals surface area contributed by atoms with Gasteiger partial charge in [-0.05, 0) is 48.9 Å². The molecule has 0 aliphatic rings. The third kappa shape index (κ3) is 4.80. The highest BCUT2D eigenvalue weighted by atomic mass is 19.1. The second-order valence-corrected chi connectivity index (χ2v) is 5.58. The Bertz CT molecular complexity index is 844. The maximum atomic E-state index is 13.1. The smallest absolute Gasteiger partial charge is 0.264 e. The zero-order valence-corrected chi connectivity index (χ0v) is 14.2. The van der Waals surface area contributed by atoms with Crippen molar-refractivity contribution in [2.45, 2.75) is 13.3 Å². The van der Waals surface area contributed by atoms with Crippen LogP contribution in [0.15, 0.2) is 42.5 Å². The lowest BCUT2D eigenvalue weighted by molar-refractivity contribution is -0.120. The van der Waals surface area contributed by atoms with Crippen molar-refractivity contribution in [3.8, 4) is 11.8 Å². The zero-order chi connectivity index (χ0) is 19.1. The van der Waals surface area contributed by atoms with Crippen LogP contribution in [-0.2, 0) is 4.79 Å². The summed E-state index contributed by atoms with van der Waals surface area (Å²) in [6.45, 7) is 1.60. The lowest BCUT2D eigenvalue weighted by atomic mass is 10.1. The average molecular weight is 355 g/mol. The van der Waals surface area contributed by atoms with Crippen molar-refractivity contribution in [3.63, 3.8) is 0 Å². The summed E-state index contributed by atoms with van der Waals surface area (Å²) in [6, 6.07) is 12.2. The van der Waals surface area contributed by atoms with Gasteiger partial charge in [0.15, 0.2) is 6.61 Å². The minimum atomic E-state index is -0.660. The first-order valence-corrected chi connectivity index (χ1v) is 7.88. The Labute approximate surface area is 150 Å². The van der Waals surface area contributed by atoms with E-state index in [-0.39, 0.29) is 30.9 Å². The van der Waals surface area contributed by atoms with Crippen LogP contribution >= 0.6 is 0 Å². The van der Waals surface area contributed by atoms with Crippen LogP contribution in [0, 0.1) is 24.1 Å². The van der Waals surface area contributed by atoms with Gasteiger partial charge in [0.25, 0.3) is 11.8 Å². The molecule has 0 saturated heterocycles. The fraction of sp³-hybridized carbons (Fsp3) is 0.211. The van der Waals surface area contributed by atoms with Gasteiger partial charge in [-0.15, -0.1) is 0 Å². The van der Waals surface area contributed by atoms with Gasteiger partial charge in [-0.2, -0.15) is 5.26 Å². The topological polar surface area (TPSA) is 96.4 Å². The van der Waals surface area contributed by atoms with E-state index in [9.17, 15) is 14.0 Å². The summed E-state index contributed by atoms with van der Waals surface area (Å²) in [6.07, 6.45) is 0.111. The summed E-state index contributed by atoms with van der Waals surface area (Å²) in [5.41, 5.74) is 6.79. The minimum Gasteiger partial charge on any atom is -0.483 e. The Morgan fingerprint density at radius 1 is 1.23 bits per heavy atom. The molecule has 0 aliphatic carbocycles. The molecule has 0 aromatic heterocycles. The molecule has 0 heterocycles. The predicted octanol–water partition coefficient (Wildman–Crippen LogP) is 2.56. The van der Waals surface area contributed by atoms with Crippen LogP contribution in [0.3, 0.4) is 0 Å². The normalized spacial score (nSPS) is 10.0.